The minimum atomic E-state index is -1.43. The molecule has 0 radical (unpaired) electrons. The molecule has 2 aromatic rings. The molecule has 0 spiro atoms. The van der Waals surface area contributed by atoms with Gasteiger partial charge in [-0.15, -0.1) is 10.2 Å². The molecule has 4 heterocycles. The van der Waals surface area contributed by atoms with Crippen LogP contribution in [0.25, 0.3) is 0 Å². The Balaban J connectivity index is 1.42. The summed E-state index contributed by atoms with van der Waals surface area (Å²) in [6.45, 7) is 7.96. The number of hydrogen-bond acceptors (Lipinski definition) is 24. The second-order valence-electron chi connectivity index (χ2n) is 13.7. The summed E-state index contributed by atoms with van der Waals surface area (Å²) >= 11 is 0. The van der Waals surface area contributed by atoms with Crippen molar-refractivity contribution in [1.29, 1.82) is 0 Å². The summed E-state index contributed by atoms with van der Waals surface area (Å²) in [5, 5.41) is 16.3. The first-order chi connectivity index (χ1) is 29.3. The molecule has 2 aromatic heterocycles. The highest BCUT2D eigenvalue weighted by molar-refractivity contribution is 5.70. The predicted molar refractivity (Wildman–Crippen MR) is 194 cm³/mol. The molecule has 2 aliphatic heterocycles. The standard InChI is InChI=1S/C36H48N6O20/c1-17(43)51-15-27-29(55-19(3)45)31(57-21(5)47)33(59-23(7)49)35(61-27)53-13-25-11-41(39-37-25)9-10-42-12-26(38-40-42)14-54-36-34(60-24(8)50)32(58-22(6)48)30(56-20(4)46)28(62-36)16-52-18(2)44/h11-12,27-36H,9-10,13-16H2,1-8H3/t27-,28-,29-,30-,31+,32+,33+,34+,35+,36+/m1/s1. The quantitative estimate of drug-likeness (QED) is 0.118. The van der Waals surface area contributed by atoms with Crippen LogP contribution in [0.2, 0.25) is 0 Å². The van der Waals surface area contributed by atoms with Crippen LogP contribution in [-0.2, 0) is 122 Å². The number of carbonyl (C=O) groups excluding carboxylic acids is 8. The van der Waals surface area contributed by atoms with Crippen LogP contribution < -0.4 is 0 Å². The molecule has 26 heteroatoms. The predicted octanol–water partition coefficient (Wildman–Crippen LogP) is -1.23. The zero-order valence-corrected chi connectivity index (χ0v) is 35.0. The van der Waals surface area contributed by atoms with Gasteiger partial charge >= 0.3 is 47.8 Å². The summed E-state index contributed by atoms with van der Waals surface area (Å²) in [6.07, 6.45) is -10.6. The van der Waals surface area contributed by atoms with Gasteiger partial charge in [-0.3, -0.25) is 47.7 Å². The van der Waals surface area contributed by atoms with E-state index in [1.54, 1.807) is 0 Å². The van der Waals surface area contributed by atoms with Crippen LogP contribution in [0.5, 0.6) is 0 Å². The van der Waals surface area contributed by atoms with Gasteiger partial charge in [0, 0.05) is 55.4 Å². The summed E-state index contributed by atoms with van der Waals surface area (Å²) in [7, 11) is 0. The third-order valence-electron chi connectivity index (χ3n) is 8.42. The van der Waals surface area contributed by atoms with E-state index >= 15 is 0 Å². The van der Waals surface area contributed by atoms with E-state index in [2.05, 4.69) is 20.6 Å². The van der Waals surface area contributed by atoms with E-state index < -0.39 is 122 Å². The van der Waals surface area contributed by atoms with Gasteiger partial charge in [0.15, 0.2) is 49.2 Å². The minimum Gasteiger partial charge on any atom is -0.463 e. The summed E-state index contributed by atoms with van der Waals surface area (Å²) in [4.78, 5) is 95.6. The maximum atomic E-state index is 12.1. The van der Waals surface area contributed by atoms with Crippen molar-refractivity contribution in [3.63, 3.8) is 0 Å². The monoisotopic (exact) mass is 884 g/mol. The molecule has 0 bridgehead atoms. The average molecular weight is 885 g/mol. The largest absolute Gasteiger partial charge is 0.463 e. The molecule has 0 unspecified atom stereocenters. The molecule has 0 saturated carbocycles. The van der Waals surface area contributed by atoms with Crippen molar-refractivity contribution in [3.8, 4) is 0 Å². The Kier molecular flexibility index (Phi) is 17.7. The van der Waals surface area contributed by atoms with Gasteiger partial charge in [-0.2, -0.15) is 0 Å². The first-order valence-electron chi connectivity index (χ1n) is 18.9. The highest BCUT2D eigenvalue weighted by atomic mass is 16.7. The van der Waals surface area contributed by atoms with Crippen LogP contribution >= 0.6 is 0 Å². The molecule has 0 amide bonds. The molecule has 26 nitrogen and oxygen atoms in total. The Morgan fingerprint density at radius 2 is 0.774 bits per heavy atom. The molecule has 2 fully saturated rings. The Bertz CT molecular complexity index is 1780. The van der Waals surface area contributed by atoms with Crippen LogP contribution in [0.4, 0.5) is 0 Å². The molecule has 4 rings (SSSR count). The molecule has 0 N–H and O–H groups in total. The Morgan fingerprint density at radius 3 is 1.08 bits per heavy atom. The maximum Gasteiger partial charge on any atom is 0.303 e. The van der Waals surface area contributed by atoms with E-state index in [9.17, 15) is 38.4 Å². The maximum absolute atomic E-state index is 12.1. The SMILES string of the molecule is CC(=O)OC[C@H]1O[C@H](OCc2cn(CCn3cc(CO[C@H]4O[C@H](COC(C)=O)[C@@H](OC(C)=O)[C@H](OC(C)=O)[C@@H]4OC(C)=O)nn3)nn2)[C@@H](OC(C)=O)[C@@H](OC(C)=O)[C@@H]1OC(C)=O. The number of rotatable bonds is 19. The molecule has 0 aromatic carbocycles. The fourth-order valence-electron chi connectivity index (χ4n) is 6.21. The summed E-state index contributed by atoms with van der Waals surface area (Å²) < 4.78 is 69.2. The first kappa shape index (κ1) is 48.5. The number of esters is 8. The van der Waals surface area contributed by atoms with Crippen LogP contribution in [0.1, 0.15) is 66.8 Å². The second kappa shape index (κ2) is 22.6. The average Bonchev–Trinajstić information content (AvgIpc) is 3.83. The molecule has 342 valence electrons. The number of carbonyl (C=O) groups is 8. The van der Waals surface area contributed by atoms with Crippen molar-refractivity contribution in [1.82, 2.24) is 30.0 Å². The number of aromatic nitrogens is 6. The fraction of sp³-hybridized carbons (Fsp3) is 0.667. The van der Waals surface area contributed by atoms with E-state index in [1.165, 1.54) is 21.8 Å². The fourth-order valence-corrected chi connectivity index (χ4v) is 6.21. The Hall–Kier alpha value is -6.12. The van der Waals surface area contributed by atoms with Crippen molar-refractivity contribution in [2.45, 2.75) is 143 Å². The number of hydrogen-bond donors (Lipinski definition) is 0. The highest BCUT2D eigenvalue weighted by Crippen LogP contribution is 2.32. The molecule has 2 saturated heterocycles. The molecular weight excluding hydrogens is 836 g/mol. The third-order valence-corrected chi connectivity index (χ3v) is 8.42. The van der Waals surface area contributed by atoms with Gasteiger partial charge in [-0.1, -0.05) is 10.4 Å². The van der Waals surface area contributed by atoms with Gasteiger partial charge in [-0.25, -0.2) is 0 Å². The molecule has 10 atom stereocenters. The van der Waals surface area contributed by atoms with Crippen molar-refractivity contribution in [2.24, 2.45) is 0 Å². The minimum absolute atomic E-state index is 0.218. The van der Waals surface area contributed by atoms with E-state index in [1.807, 2.05) is 0 Å². The number of nitrogens with zero attached hydrogens (tertiary/aromatic N) is 6. The number of ether oxygens (including phenoxy) is 12. The van der Waals surface area contributed by atoms with Crippen LogP contribution in [-0.4, -0.2) is 152 Å². The summed E-state index contributed by atoms with van der Waals surface area (Å²) in [5.41, 5.74) is 0.575. The summed E-state index contributed by atoms with van der Waals surface area (Å²) in [6, 6.07) is 0. The van der Waals surface area contributed by atoms with Gasteiger partial charge in [-0.05, 0) is 0 Å². The molecule has 62 heavy (non-hydrogen) atoms. The number of aryl methyl sites for hydroxylation is 2. The molecule has 0 aliphatic carbocycles. The topological polar surface area (TPSA) is 309 Å². The van der Waals surface area contributed by atoms with E-state index in [-0.39, 0.29) is 37.7 Å². The zero-order chi connectivity index (χ0) is 45.7. The molecular formula is C36H48N6O20. The van der Waals surface area contributed by atoms with Crippen molar-refractivity contribution >= 4 is 47.8 Å². The van der Waals surface area contributed by atoms with E-state index in [0.717, 1.165) is 55.4 Å². The van der Waals surface area contributed by atoms with Crippen LogP contribution in [0, 0.1) is 0 Å². The van der Waals surface area contributed by atoms with Gasteiger partial charge in [0.05, 0.1) is 38.7 Å². The van der Waals surface area contributed by atoms with E-state index in [0.29, 0.717) is 0 Å². The van der Waals surface area contributed by atoms with Gasteiger partial charge < -0.3 is 56.8 Å². The lowest BCUT2D eigenvalue weighted by Gasteiger charge is -2.43. The highest BCUT2D eigenvalue weighted by Gasteiger charge is 2.54. The van der Waals surface area contributed by atoms with Gasteiger partial charge in [0.25, 0.3) is 0 Å². The lowest BCUT2D eigenvalue weighted by molar-refractivity contribution is -0.310. The van der Waals surface area contributed by atoms with Crippen molar-refractivity contribution < 1.29 is 95.2 Å². The van der Waals surface area contributed by atoms with E-state index in [4.69, 9.17) is 56.8 Å². The molecule has 2 aliphatic rings. The van der Waals surface area contributed by atoms with Crippen molar-refractivity contribution in [3.05, 3.63) is 23.8 Å². The lowest BCUT2D eigenvalue weighted by Crippen LogP contribution is -2.62. The normalized spacial score (nSPS) is 25.7. The van der Waals surface area contributed by atoms with Gasteiger partial charge in [0.1, 0.15) is 36.8 Å². The Morgan fingerprint density at radius 1 is 0.468 bits per heavy atom. The van der Waals surface area contributed by atoms with Gasteiger partial charge in [0.2, 0.25) is 0 Å². The summed E-state index contributed by atoms with van der Waals surface area (Å²) in [5.74, 6) is -6.08. The second-order valence-corrected chi connectivity index (χ2v) is 13.7. The Labute approximate surface area is 352 Å². The first-order valence-corrected chi connectivity index (χ1v) is 18.9. The third kappa shape index (κ3) is 14.8. The van der Waals surface area contributed by atoms with Crippen LogP contribution in [0.15, 0.2) is 12.4 Å². The smallest absolute Gasteiger partial charge is 0.303 e. The van der Waals surface area contributed by atoms with Crippen LogP contribution in [0.3, 0.4) is 0 Å². The zero-order valence-electron chi connectivity index (χ0n) is 35.0. The lowest BCUT2D eigenvalue weighted by atomic mass is 9.98. The van der Waals surface area contributed by atoms with Crippen molar-refractivity contribution in [2.75, 3.05) is 13.2 Å².